The quantitative estimate of drug-likeness (QED) is 0.756. The molecule has 21 heavy (non-hydrogen) atoms. The first-order chi connectivity index (χ1) is 9.81. The Hall–Kier alpha value is -1.22. The summed E-state index contributed by atoms with van der Waals surface area (Å²) in [5.41, 5.74) is 6.85. The van der Waals surface area contributed by atoms with Crippen LogP contribution in [0.2, 0.25) is 5.02 Å². The van der Waals surface area contributed by atoms with E-state index in [1.807, 2.05) is 4.90 Å². The van der Waals surface area contributed by atoms with Gasteiger partial charge in [-0.2, -0.15) is 0 Å². The van der Waals surface area contributed by atoms with Gasteiger partial charge in [-0.25, -0.2) is 0 Å². The SMILES string of the molecule is CC(C)CCN(CCC(C)C)C(=O)c1cc(N)ccc1Cl. The van der Waals surface area contributed by atoms with E-state index in [4.69, 9.17) is 17.3 Å². The summed E-state index contributed by atoms with van der Waals surface area (Å²) in [6.07, 6.45) is 1.98. The summed E-state index contributed by atoms with van der Waals surface area (Å²) < 4.78 is 0. The second-order valence-electron chi connectivity index (χ2n) is 6.40. The van der Waals surface area contributed by atoms with Gasteiger partial charge in [-0.1, -0.05) is 39.3 Å². The molecule has 2 N–H and O–H groups in total. The molecular formula is C17H27ClN2O. The summed E-state index contributed by atoms with van der Waals surface area (Å²) in [7, 11) is 0. The van der Waals surface area contributed by atoms with E-state index in [2.05, 4.69) is 27.7 Å². The third-order valence-electron chi connectivity index (χ3n) is 3.46. The van der Waals surface area contributed by atoms with Gasteiger partial charge in [-0.05, 0) is 42.9 Å². The van der Waals surface area contributed by atoms with Crippen LogP contribution in [0.3, 0.4) is 0 Å². The van der Waals surface area contributed by atoms with Crippen LogP contribution < -0.4 is 5.73 Å². The Morgan fingerprint density at radius 2 is 1.67 bits per heavy atom. The van der Waals surface area contributed by atoms with Gasteiger partial charge in [0.2, 0.25) is 0 Å². The molecule has 0 fully saturated rings. The van der Waals surface area contributed by atoms with Crippen molar-refractivity contribution in [3.05, 3.63) is 28.8 Å². The second-order valence-corrected chi connectivity index (χ2v) is 6.80. The number of carbonyl (C=O) groups is 1. The first-order valence-corrected chi connectivity index (χ1v) is 8.03. The maximum Gasteiger partial charge on any atom is 0.255 e. The minimum Gasteiger partial charge on any atom is -0.399 e. The highest BCUT2D eigenvalue weighted by molar-refractivity contribution is 6.34. The molecule has 0 aliphatic heterocycles. The Morgan fingerprint density at radius 1 is 1.14 bits per heavy atom. The van der Waals surface area contributed by atoms with Crippen LogP contribution in [0.4, 0.5) is 5.69 Å². The summed E-state index contributed by atoms with van der Waals surface area (Å²) in [5, 5.41) is 0.466. The van der Waals surface area contributed by atoms with Gasteiger partial charge in [0.05, 0.1) is 10.6 Å². The number of benzene rings is 1. The molecule has 0 spiro atoms. The normalized spacial score (nSPS) is 11.2. The van der Waals surface area contributed by atoms with Gasteiger partial charge in [0.1, 0.15) is 0 Å². The molecule has 0 bridgehead atoms. The number of halogens is 1. The highest BCUT2D eigenvalue weighted by Crippen LogP contribution is 2.21. The number of carbonyl (C=O) groups excluding carboxylic acids is 1. The smallest absolute Gasteiger partial charge is 0.255 e. The van der Waals surface area contributed by atoms with E-state index in [9.17, 15) is 4.79 Å². The lowest BCUT2D eigenvalue weighted by Crippen LogP contribution is -2.34. The van der Waals surface area contributed by atoms with Crippen molar-refractivity contribution in [1.29, 1.82) is 0 Å². The van der Waals surface area contributed by atoms with Crippen LogP contribution in [0.5, 0.6) is 0 Å². The fourth-order valence-corrected chi connectivity index (χ4v) is 2.22. The van der Waals surface area contributed by atoms with Gasteiger partial charge >= 0.3 is 0 Å². The molecule has 0 aliphatic rings. The number of nitrogens with two attached hydrogens (primary N) is 1. The van der Waals surface area contributed by atoms with Crippen molar-refractivity contribution in [3.8, 4) is 0 Å². The lowest BCUT2D eigenvalue weighted by Gasteiger charge is -2.25. The molecule has 3 nitrogen and oxygen atoms in total. The molecule has 4 heteroatoms. The molecule has 0 aliphatic carbocycles. The van der Waals surface area contributed by atoms with Crippen LogP contribution in [0, 0.1) is 11.8 Å². The molecule has 0 saturated heterocycles. The third-order valence-corrected chi connectivity index (χ3v) is 3.79. The van der Waals surface area contributed by atoms with Crippen molar-refractivity contribution >= 4 is 23.2 Å². The second kappa shape index (κ2) is 8.28. The number of amides is 1. The maximum atomic E-state index is 12.7. The molecule has 0 heterocycles. The van der Waals surface area contributed by atoms with E-state index in [1.165, 1.54) is 0 Å². The van der Waals surface area contributed by atoms with Crippen molar-refractivity contribution in [1.82, 2.24) is 4.90 Å². The zero-order valence-corrected chi connectivity index (χ0v) is 14.3. The minimum atomic E-state index is -0.0198. The first kappa shape index (κ1) is 17.8. The maximum absolute atomic E-state index is 12.7. The molecule has 1 aromatic rings. The number of nitrogen functional groups attached to an aromatic ring is 1. The predicted octanol–water partition coefficient (Wildman–Crippen LogP) is 4.46. The number of hydrogen-bond acceptors (Lipinski definition) is 2. The zero-order chi connectivity index (χ0) is 16.0. The van der Waals surface area contributed by atoms with E-state index >= 15 is 0 Å². The van der Waals surface area contributed by atoms with Gasteiger partial charge in [0.25, 0.3) is 5.91 Å². The lowest BCUT2D eigenvalue weighted by atomic mass is 10.1. The number of hydrogen-bond donors (Lipinski definition) is 1. The number of nitrogens with zero attached hydrogens (tertiary/aromatic N) is 1. The van der Waals surface area contributed by atoms with Gasteiger partial charge in [0, 0.05) is 18.8 Å². The van der Waals surface area contributed by atoms with Gasteiger partial charge in [-0.3, -0.25) is 4.79 Å². The molecule has 1 amide bonds. The molecule has 0 atom stereocenters. The largest absolute Gasteiger partial charge is 0.399 e. The van der Waals surface area contributed by atoms with Crippen molar-refractivity contribution in [2.75, 3.05) is 18.8 Å². The molecule has 1 aromatic carbocycles. The van der Waals surface area contributed by atoms with E-state index in [1.54, 1.807) is 18.2 Å². The monoisotopic (exact) mass is 310 g/mol. The summed E-state index contributed by atoms with van der Waals surface area (Å²) in [6, 6.07) is 5.07. The Bertz CT molecular complexity index is 460. The van der Waals surface area contributed by atoms with Crippen molar-refractivity contribution in [2.45, 2.75) is 40.5 Å². The summed E-state index contributed by atoms with van der Waals surface area (Å²) in [5.74, 6) is 1.11. The van der Waals surface area contributed by atoms with E-state index < -0.39 is 0 Å². The standard InChI is InChI=1S/C17H27ClN2O/c1-12(2)7-9-20(10-8-13(3)4)17(21)15-11-14(19)5-6-16(15)18/h5-6,11-13H,7-10,19H2,1-4H3. The highest BCUT2D eigenvalue weighted by atomic mass is 35.5. The van der Waals surface area contributed by atoms with Crippen molar-refractivity contribution in [2.24, 2.45) is 11.8 Å². The number of rotatable bonds is 7. The van der Waals surface area contributed by atoms with E-state index in [0.29, 0.717) is 28.1 Å². The average molecular weight is 311 g/mol. The molecule has 0 unspecified atom stereocenters. The Balaban J connectivity index is 2.89. The van der Waals surface area contributed by atoms with Crippen LogP contribution in [0.15, 0.2) is 18.2 Å². The molecule has 0 radical (unpaired) electrons. The van der Waals surface area contributed by atoms with Gasteiger partial charge in [0.15, 0.2) is 0 Å². The Kier molecular flexibility index (Phi) is 7.03. The van der Waals surface area contributed by atoms with Gasteiger partial charge < -0.3 is 10.6 Å². The summed E-state index contributed by atoms with van der Waals surface area (Å²) in [4.78, 5) is 14.6. The summed E-state index contributed by atoms with van der Waals surface area (Å²) >= 11 is 6.16. The van der Waals surface area contributed by atoms with E-state index in [-0.39, 0.29) is 5.91 Å². The van der Waals surface area contributed by atoms with Crippen LogP contribution in [0.1, 0.15) is 50.9 Å². The summed E-state index contributed by atoms with van der Waals surface area (Å²) in [6.45, 7) is 10.2. The lowest BCUT2D eigenvalue weighted by molar-refractivity contribution is 0.0741. The topological polar surface area (TPSA) is 46.3 Å². The predicted molar refractivity (Wildman–Crippen MR) is 90.7 cm³/mol. The molecule has 0 saturated carbocycles. The molecule has 0 aromatic heterocycles. The molecule has 1 rings (SSSR count). The Labute approximate surface area is 133 Å². The van der Waals surface area contributed by atoms with Crippen LogP contribution in [0.25, 0.3) is 0 Å². The Morgan fingerprint density at radius 3 is 2.14 bits per heavy atom. The number of anilines is 1. The third kappa shape index (κ3) is 5.96. The fraction of sp³-hybridized carbons (Fsp3) is 0.588. The van der Waals surface area contributed by atoms with Gasteiger partial charge in [-0.15, -0.1) is 0 Å². The van der Waals surface area contributed by atoms with E-state index in [0.717, 1.165) is 25.9 Å². The average Bonchev–Trinajstić information content (AvgIpc) is 2.40. The van der Waals surface area contributed by atoms with Crippen LogP contribution in [-0.2, 0) is 0 Å². The minimum absolute atomic E-state index is 0.0198. The van der Waals surface area contributed by atoms with Crippen molar-refractivity contribution < 1.29 is 4.79 Å². The highest BCUT2D eigenvalue weighted by Gasteiger charge is 2.19. The molecular weight excluding hydrogens is 284 g/mol. The zero-order valence-electron chi connectivity index (χ0n) is 13.5. The molecule has 118 valence electrons. The van der Waals surface area contributed by atoms with Crippen molar-refractivity contribution in [3.63, 3.8) is 0 Å². The fourth-order valence-electron chi connectivity index (χ4n) is 2.02. The van der Waals surface area contributed by atoms with Crippen LogP contribution >= 0.6 is 11.6 Å². The van der Waals surface area contributed by atoms with Crippen LogP contribution in [-0.4, -0.2) is 23.9 Å². The first-order valence-electron chi connectivity index (χ1n) is 7.65.